The van der Waals surface area contributed by atoms with E-state index in [1.165, 1.54) is 25.7 Å². The number of halogens is 1. The summed E-state index contributed by atoms with van der Waals surface area (Å²) in [6.07, 6.45) is 5.42. The van der Waals surface area contributed by atoms with Crippen molar-refractivity contribution in [2.24, 2.45) is 11.8 Å². The first-order chi connectivity index (χ1) is 9.28. The van der Waals surface area contributed by atoms with Crippen LogP contribution in [-0.4, -0.2) is 14.5 Å². The molecule has 0 atom stereocenters. The molecule has 0 saturated heterocycles. The summed E-state index contributed by atoms with van der Waals surface area (Å²) in [6, 6.07) is 4.69. The van der Waals surface area contributed by atoms with E-state index in [4.69, 9.17) is 16.6 Å². The Bertz CT molecular complexity index is 614. The minimum Gasteiger partial charge on any atom is -0.308 e. The second-order valence-electron chi connectivity index (χ2n) is 5.99. The largest absolute Gasteiger partial charge is 0.308 e. The molecule has 0 bridgehead atoms. The van der Waals surface area contributed by atoms with Gasteiger partial charge in [0, 0.05) is 11.7 Å². The van der Waals surface area contributed by atoms with Crippen LogP contribution in [0.15, 0.2) is 12.1 Å². The maximum Gasteiger partial charge on any atom is 0.160 e. The van der Waals surface area contributed by atoms with Crippen molar-refractivity contribution >= 4 is 22.8 Å². The average molecular weight is 276 g/mol. The predicted molar refractivity (Wildman–Crippen MR) is 76.3 cm³/mol. The van der Waals surface area contributed by atoms with Crippen LogP contribution in [0.25, 0.3) is 11.2 Å². The molecule has 0 spiro atoms. The van der Waals surface area contributed by atoms with Crippen LogP contribution in [0.5, 0.6) is 0 Å². The van der Waals surface area contributed by atoms with Gasteiger partial charge in [-0.2, -0.15) is 0 Å². The third-order valence-electron chi connectivity index (χ3n) is 4.38. The Hall–Kier alpha value is -1.09. The molecule has 0 aliphatic heterocycles. The third kappa shape index (κ3) is 1.95. The molecule has 19 heavy (non-hydrogen) atoms. The summed E-state index contributed by atoms with van der Waals surface area (Å²) in [5, 5.41) is 0. The summed E-state index contributed by atoms with van der Waals surface area (Å²) in [7, 11) is 0. The number of hydrogen-bond acceptors (Lipinski definition) is 2. The minimum atomic E-state index is 0.478. The van der Waals surface area contributed by atoms with E-state index in [1.54, 1.807) is 0 Å². The smallest absolute Gasteiger partial charge is 0.160 e. The van der Waals surface area contributed by atoms with Gasteiger partial charge in [0.15, 0.2) is 5.65 Å². The SMILES string of the molecule is Cc1ccc2nc(CCl)n(C(C3CC3)C3CC3)c2n1. The minimum absolute atomic E-state index is 0.478. The zero-order valence-corrected chi connectivity index (χ0v) is 11.9. The van der Waals surface area contributed by atoms with Gasteiger partial charge in [0.05, 0.1) is 5.88 Å². The summed E-state index contributed by atoms with van der Waals surface area (Å²) >= 11 is 6.13. The highest BCUT2D eigenvalue weighted by Gasteiger charge is 2.44. The van der Waals surface area contributed by atoms with E-state index >= 15 is 0 Å². The molecule has 100 valence electrons. The van der Waals surface area contributed by atoms with E-state index in [9.17, 15) is 0 Å². The maximum atomic E-state index is 6.13. The first kappa shape index (κ1) is 11.7. The van der Waals surface area contributed by atoms with Crippen LogP contribution in [0.4, 0.5) is 0 Å². The molecule has 0 aromatic carbocycles. The summed E-state index contributed by atoms with van der Waals surface area (Å²) in [4.78, 5) is 9.41. The molecule has 3 nitrogen and oxygen atoms in total. The van der Waals surface area contributed by atoms with E-state index in [2.05, 4.69) is 15.6 Å². The van der Waals surface area contributed by atoms with Gasteiger partial charge in [-0.1, -0.05) is 0 Å². The zero-order valence-electron chi connectivity index (χ0n) is 11.1. The molecule has 4 rings (SSSR count). The van der Waals surface area contributed by atoms with E-state index in [-0.39, 0.29) is 0 Å². The highest BCUT2D eigenvalue weighted by Crippen LogP contribution is 2.53. The maximum absolute atomic E-state index is 6.13. The predicted octanol–water partition coefficient (Wildman–Crippen LogP) is 3.84. The first-order valence-corrected chi connectivity index (χ1v) is 7.72. The molecule has 2 aliphatic carbocycles. The van der Waals surface area contributed by atoms with Crippen LogP contribution in [0.1, 0.15) is 43.2 Å². The molecular formula is C15H18ClN3. The Morgan fingerprint density at radius 2 is 1.89 bits per heavy atom. The van der Waals surface area contributed by atoms with Crippen molar-refractivity contribution < 1.29 is 0 Å². The second-order valence-corrected chi connectivity index (χ2v) is 6.26. The van der Waals surface area contributed by atoms with Crippen LogP contribution in [0.2, 0.25) is 0 Å². The standard InChI is InChI=1S/C15H18ClN3/c1-9-2-7-12-15(17-9)19(13(8-16)18-12)14(10-3-4-10)11-5-6-11/h2,7,10-11,14H,3-6,8H2,1H3. The van der Waals surface area contributed by atoms with Crippen molar-refractivity contribution in [1.82, 2.24) is 14.5 Å². The monoisotopic (exact) mass is 275 g/mol. The highest BCUT2D eigenvalue weighted by molar-refractivity contribution is 6.16. The van der Waals surface area contributed by atoms with Gasteiger partial charge in [-0.05, 0) is 56.6 Å². The number of nitrogens with zero attached hydrogens (tertiary/aromatic N) is 3. The fourth-order valence-corrected chi connectivity index (χ4v) is 3.39. The molecule has 2 heterocycles. The van der Waals surface area contributed by atoms with Crippen LogP contribution in [-0.2, 0) is 5.88 Å². The number of hydrogen-bond donors (Lipinski definition) is 0. The van der Waals surface area contributed by atoms with Gasteiger partial charge in [-0.25, -0.2) is 9.97 Å². The summed E-state index contributed by atoms with van der Waals surface area (Å²) < 4.78 is 2.37. The second kappa shape index (κ2) is 4.20. The quantitative estimate of drug-likeness (QED) is 0.794. The molecule has 0 unspecified atom stereocenters. The van der Waals surface area contributed by atoms with Gasteiger partial charge >= 0.3 is 0 Å². The Morgan fingerprint density at radius 1 is 1.21 bits per heavy atom. The van der Waals surface area contributed by atoms with Crippen molar-refractivity contribution in [3.63, 3.8) is 0 Å². The lowest BCUT2D eigenvalue weighted by atomic mass is 10.1. The zero-order chi connectivity index (χ0) is 13.0. The Kier molecular flexibility index (Phi) is 2.59. The van der Waals surface area contributed by atoms with Crippen molar-refractivity contribution in [3.8, 4) is 0 Å². The molecule has 0 radical (unpaired) electrons. The average Bonchev–Trinajstić information content (AvgIpc) is 3.29. The van der Waals surface area contributed by atoms with Gasteiger partial charge in [0.25, 0.3) is 0 Å². The molecular weight excluding hydrogens is 258 g/mol. The Balaban J connectivity index is 1.91. The van der Waals surface area contributed by atoms with Gasteiger partial charge in [0.1, 0.15) is 11.3 Å². The lowest BCUT2D eigenvalue weighted by molar-refractivity contribution is 0.394. The van der Waals surface area contributed by atoms with Crippen LogP contribution in [0, 0.1) is 18.8 Å². The molecule has 0 amide bonds. The van der Waals surface area contributed by atoms with Gasteiger partial charge in [0.2, 0.25) is 0 Å². The van der Waals surface area contributed by atoms with E-state index in [0.717, 1.165) is 34.5 Å². The summed E-state index contributed by atoms with van der Waals surface area (Å²) in [6.45, 7) is 2.04. The number of aryl methyl sites for hydroxylation is 1. The first-order valence-electron chi connectivity index (χ1n) is 7.18. The van der Waals surface area contributed by atoms with Crippen molar-refractivity contribution in [1.29, 1.82) is 0 Å². The van der Waals surface area contributed by atoms with Crippen molar-refractivity contribution in [2.45, 2.75) is 44.5 Å². The molecule has 2 aliphatic rings. The fourth-order valence-electron chi connectivity index (χ4n) is 3.20. The lowest BCUT2D eigenvalue weighted by Crippen LogP contribution is -2.16. The number of imidazole rings is 1. The number of fused-ring (bicyclic) bond motifs is 1. The van der Waals surface area contributed by atoms with Crippen LogP contribution < -0.4 is 0 Å². The van der Waals surface area contributed by atoms with E-state index in [0.29, 0.717) is 11.9 Å². The Labute approximate surface area is 118 Å². The Morgan fingerprint density at radius 3 is 2.47 bits per heavy atom. The van der Waals surface area contributed by atoms with Gasteiger partial charge in [-0.3, -0.25) is 0 Å². The molecule has 0 N–H and O–H groups in total. The highest BCUT2D eigenvalue weighted by atomic mass is 35.5. The number of aromatic nitrogens is 3. The van der Waals surface area contributed by atoms with Gasteiger partial charge < -0.3 is 4.57 Å². The molecule has 2 saturated carbocycles. The molecule has 2 aromatic rings. The summed E-state index contributed by atoms with van der Waals surface area (Å²) in [5.74, 6) is 3.13. The van der Waals surface area contributed by atoms with Crippen molar-refractivity contribution in [2.75, 3.05) is 0 Å². The number of pyridine rings is 1. The number of rotatable bonds is 4. The molecule has 2 fully saturated rings. The summed E-state index contributed by atoms with van der Waals surface area (Å²) in [5.41, 5.74) is 3.09. The van der Waals surface area contributed by atoms with E-state index in [1.807, 2.05) is 13.0 Å². The third-order valence-corrected chi connectivity index (χ3v) is 4.62. The molecule has 2 aromatic heterocycles. The normalized spacial score (nSPS) is 19.5. The molecule has 4 heteroatoms. The lowest BCUT2D eigenvalue weighted by Gasteiger charge is -2.20. The fraction of sp³-hybridized carbons (Fsp3) is 0.600. The topological polar surface area (TPSA) is 30.7 Å². The van der Waals surface area contributed by atoms with Gasteiger partial charge in [-0.15, -0.1) is 11.6 Å². The van der Waals surface area contributed by atoms with Crippen molar-refractivity contribution in [3.05, 3.63) is 23.7 Å². The van der Waals surface area contributed by atoms with Crippen LogP contribution >= 0.6 is 11.6 Å². The van der Waals surface area contributed by atoms with E-state index < -0.39 is 0 Å². The van der Waals surface area contributed by atoms with Crippen LogP contribution in [0.3, 0.4) is 0 Å². The number of alkyl halides is 1.